The summed E-state index contributed by atoms with van der Waals surface area (Å²) in [6.07, 6.45) is 7.24. The van der Waals surface area contributed by atoms with Crippen LogP contribution < -0.4 is 9.47 Å². The zero-order chi connectivity index (χ0) is 59.4. The fourth-order valence-corrected chi connectivity index (χ4v) is 14.3. The van der Waals surface area contributed by atoms with Crippen LogP contribution in [0.15, 0.2) is 203 Å². The van der Waals surface area contributed by atoms with Crippen molar-refractivity contribution in [3.05, 3.63) is 225 Å². The maximum Gasteiger partial charge on any atom is 0.367 e. The van der Waals surface area contributed by atoms with Gasteiger partial charge in [0, 0.05) is 65.8 Å². The number of nitriles is 4. The molecule has 2 atom stereocenters. The molecule has 0 saturated carbocycles. The third-order valence-electron chi connectivity index (χ3n) is 14.2. The number of allylic oxidation sites excluding steroid dienone is 4. The molecule has 6 heterocycles. The van der Waals surface area contributed by atoms with E-state index in [1.54, 1.807) is 170 Å². The lowest BCUT2D eigenvalue weighted by Crippen LogP contribution is -2.58. The van der Waals surface area contributed by atoms with Gasteiger partial charge in [0.15, 0.2) is 0 Å². The largest absolute Gasteiger partial charge is 0.458 e. The first-order chi connectivity index (χ1) is 42.0. The number of nitrogens with zero attached hydrogens (tertiary/aromatic N) is 6. The Morgan fingerprint density at radius 1 is 0.419 bits per heavy atom. The van der Waals surface area contributed by atoms with Gasteiger partial charge in [-0.05, 0) is 46.5 Å². The van der Waals surface area contributed by atoms with Gasteiger partial charge in [-0.2, -0.15) is 21.0 Å². The van der Waals surface area contributed by atoms with Crippen LogP contribution >= 0.6 is 45.3 Å². The average Bonchev–Trinajstić information content (AvgIpc) is 1.23. The van der Waals surface area contributed by atoms with Crippen molar-refractivity contribution in [2.24, 2.45) is 21.8 Å². The molecule has 2 aliphatic heterocycles. The summed E-state index contributed by atoms with van der Waals surface area (Å²) >= 11 is 4.99. The first kappa shape index (κ1) is 55.9. The molecule has 12 rings (SSSR count). The second-order valence-electron chi connectivity index (χ2n) is 19.5. The van der Waals surface area contributed by atoms with Crippen LogP contribution in [0.2, 0.25) is 0 Å². The maximum absolute atomic E-state index is 15.4. The molecule has 4 aromatic heterocycles. The smallest absolute Gasteiger partial charge is 0.367 e. The molecule has 8 aromatic rings. The van der Waals surface area contributed by atoms with Crippen molar-refractivity contribution >= 4 is 102 Å². The number of hydrogen-bond donors (Lipinski definition) is 0. The van der Waals surface area contributed by atoms with E-state index in [4.69, 9.17) is 28.4 Å². The van der Waals surface area contributed by atoms with Crippen molar-refractivity contribution in [3.63, 3.8) is 0 Å². The highest BCUT2D eigenvalue weighted by Gasteiger charge is 2.63. The molecule has 0 bridgehead atoms. The van der Waals surface area contributed by atoms with Crippen LogP contribution in [0, 0.1) is 57.2 Å². The molecule has 0 saturated heterocycles. The van der Waals surface area contributed by atoms with Crippen LogP contribution in [-0.2, 0) is 64.6 Å². The summed E-state index contributed by atoms with van der Waals surface area (Å²) < 4.78 is 38.2. The van der Waals surface area contributed by atoms with Crippen LogP contribution in [0.5, 0.6) is 11.5 Å². The highest BCUT2D eigenvalue weighted by atomic mass is 32.1. The summed E-state index contributed by atoms with van der Waals surface area (Å²) in [5.74, 6) is -5.45. The fraction of sp³-hybridized carbons (Fsp3) is 0.121. The molecule has 0 amide bonds. The molecule has 86 heavy (non-hydrogen) atoms. The number of carbonyl (C=O) groups excluding carboxylic acids is 4. The van der Waals surface area contributed by atoms with Crippen molar-refractivity contribution in [1.29, 1.82) is 21.0 Å². The van der Waals surface area contributed by atoms with E-state index < -0.39 is 46.9 Å². The molecule has 20 heteroatoms. The molecular formula is C66H40N6O10S4. The summed E-state index contributed by atoms with van der Waals surface area (Å²) in [5, 5.41) is 38.7. The minimum absolute atomic E-state index is 0.115. The third kappa shape index (κ3) is 10.7. The van der Waals surface area contributed by atoms with Crippen molar-refractivity contribution in [1.82, 2.24) is 0 Å². The van der Waals surface area contributed by atoms with Crippen molar-refractivity contribution < 1.29 is 47.6 Å². The van der Waals surface area contributed by atoms with Gasteiger partial charge < -0.3 is 28.4 Å². The standard InChI is InChI=1S/C66H40N6O10S4/c67-31-45(32-68)71-57-23-21-53(83-57)55-29-51-59(85-55)47-25-44-28-50-48(26-43(44)27-49(47)65(81-51,61(73)77-35-39-13-5-1-6-14-39)62(74)78-36-40-15-7-2-8-16-40)60-52(30-56(86-60)54-22-24-58(84-54)72-46(33-69)34-70)82-66(50,63(75)79-37-41-17-9-3-10-18-41)64(76)80-38-42-19-11-4-12-20-42/h1-30,43-44H,35-38H2. The van der Waals surface area contributed by atoms with Gasteiger partial charge in [-0.15, -0.1) is 45.3 Å². The van der Waals surface area contributed by atoms with Gasteiger partial charge >= 0.3 is 35.1 Å². The van der Waals surface area contributed by atoms with Crippen LogP contribution in [0.1, 0.15) is 32.0 Å². The first-order valence-electron chi connectivity index (χ1n) is 26.4. The summed E-state index contributed by atoms with van der Waals surface area (Å²) in [6, 6.07) is 53.3. The number of carbonyl (C=O) groups is 4. The lowest BCUT2D eigenvalue weighted by atomic mass is 9.68. The minimum Gasteiger partial charge on any atom is -0.458 e. The van der Waals surface area contributed by atoms with Crippen LogP contribution in [0.25, 0.3) is 30.7 Å². The molecule has 4 aromatic carbocycles. The molecule has 4 aliphatic rings. The molecule has 0 fully saturated rings. The Balaban J connectivity index is 1.05. The van der Waals surface area contributed by atoms with Crippen LogP contribution in [0.3, 0.4) is 0 Å². The van der Waals surface area contributed by atoms with E-state index in [0.29, 0.717) is 72.7 Å². The summed E-state index contributed by atoms with van der Waals surface area (Å²) in [6.45, 7) is -0.940. The quantitative estimate of drug-likeness (QED) is 0.0378. The predicted octanol–water partition coefficient (Wildman–Crippen LogP) is 13.3. The number of rotatable bonds is 16. The number of thiophene rings is 4. The monoisotopic (exact) mass is 1200 g/mol. The normalized spacial score (nSPS) is 16.0. The summed E-state index contributed by atoms with van der Waals surface area (Å²) in [7, 11) is 0. The molecule has 0 radical (unpaired) electrons. The molecule has 2 unspecified atom stereocenters. The van der Waals surface area contributed by atoms with Gasteiger partial charge in [-0.1, -0.05) is 146 Å². The Hall–Kier alpha value is -10.6. The lowest BCUT2D eigenvalue weighted by molar-refractivity contribution is -0.179. The maximum atomic E-state index is 15.4. The Bertz CT molecular complexity index is 3990. The van der Waals surface area contributed by atoms with Crippen molar-refractivity contribution in [3.8, 4) is 55.3 Å². The summed E-state index contributed by atoms with van der Waals surface area (Å²) in [4.78, 5) is 73.7. The predicted molar refractivity (Wildman–Crippen MR) is 323 cm³/mol. The van der Waals surface area contributed by atoms with E-state index in [-0.39, 0.29) is 60.5 Å². The van der Waals surface area contributed by atoms with Gasteiger partial charge in [0.05, 0.1) is 9.75 Å². The number of hydrogen-bond acceptors (Lipinski definition) is 20. The minimum atomic E-state index is -2.59. The SMILES string of the molecule is N#CC(C#N)=Nc1ccc(-c2cc3c(s2)C2=CC4C=C5C(=CC4C=C2C(C(=O)OCc2ccccc2)(C(=O)OCc2ccccc2)O3)c2sc(-c3ccc(N=C(C#N)C#N)s3)cc2OC5(C(=O)OCc2ccccc2)C(=O)OCc2ccccc2)s1. The Labute approximate surface area is 507 Å². The van der Waals surface area contributed by atoms with E-state index in [2.05, 4.69) is 9.98 Å². The number of fused-ring (bicyclic) bond motifs is 7. The molecule has 0 spiro atoms. The van der Waals surface area contributed by atoms with Gasteiger partial charge in [-0.25, -0.2) is 29.2 Å². The Morgan fingerprint density at radius 3 is 1.03 bits per heavy atom. The van der Waals surface area contributed by atoms with E-state index in [9.17, 15) is 21.0 Å². The van der Waals surface area contributed by atoms with Gasteiger partial charge in [0.1, 0.15) is 72.2 Å². The van der Waals surface area contributed by atoms with E-state index >= 15 is 19.2 Å². The van der Waals surface area contributed by atoms with E-state index in [0.717, 1.165) is 0 Å². The van der Waals surface area contributed by atoms with Crippen molar-refractivity contribution in [2.45, 2.75) is 37.6 Å². The van der Waals surface area contributed by atoms with Gasteiger partial charge in [0.2, 0.25) is 11.4 Å². The zero-order valence-electron chi connectivity index (χ0n) is 44.7. The third-order valence-corrected chi connectivity index (χ3v) is 18.8. The number of ether oxygens (including phenoxy) is 6. The Morgan fingerprint density at radius 2 is 0.733 bits per heavy atom. The van der Waals surface area contributed by atoms with Gasteiger partial charge in [0.25, 0.3) is 0 Å². The molecule has 0 N–H and O–H groups in total. The van der Waals surface area contributed by atoms with E-state index in [1.165, 1.54) is 45.3 Å². The lowest BCUT2D eigenvalue weighted by Gasteiger charge is -2.42. The highest BCUT2D eigenvalue weighted by Crippen LogP contribution is 2.59. The average molecular weight is 1210 g/mol. The van der Waals surface area contributed by atoms with Crippen LogP contribution in [-0.4, -0.2) is 46.5 Å². The highest BCUT2D eigenvalue weighted by molar-refractivity contribution is 7.25. The van der Waals surface area contributed by atoms with Crippen LogP contribution in [0.4, 0.5) is 10.0 Å². The molecule has 418 valence electrons. The van der Waals surface area contributed by atoms with E-state index in [1.807, 2.05) is 36.4 Å². The molecular weight excluding hydrogens is 1170 g/mol. The second-order valence-corrected chi connectivity index (χ2v) is 23.8. The fourth-order valence-electron chi connectivity index (χ4n) is 10.1. The Kier molecular flexibility index (Phi) is 15.6. The second kappa shape index (κ2) is 24.0. The molecule has 2 aliphatic carbocycles. The zero-order valence-corrected chi connectivity index (χ0v) is 48.0. The number of aliphatic imine (C=N–C) groups is 2. The molecule has 16 nitrogen and oxygen atoms in total. The first-order valence-corrected chi connectivity index (χ1v) is 29.6. The van der Waals surface area contributed by atoms with Crippen molar-refractivity contribution in [2.75, 3.05) is 0 Å². The topological polar surface area (TPSA) is 244 Å². The van der Waals surface area contributed by atoms with Gasteiger partial charge in [-0.3, -0.25) is 0 Å². The summed E-state index contributed by atoms with van der Waals surface area (Å²) in [5.41, 5.74) is -2.28. The number of esters is 4. The number of benzene rings is 4.